The highest BCUT2D eigenvalue weighted by atomic mass is 19.1. The molecule has 2 nitrogen and oxygen atoms in total. The Kier molecular flexibility index (Phi) is 3.28. The first-order valence-electron chi connectivity index (χ1n) is 6.66. The first-order chi connectivity index (χ1) is 9.66. The number of rotatable bonds is 3. The highest BCUT2D eigenvalue weighted by Gasteiger charge is 2.20. The molecular weight excluding hydrogens is 253 g/mol. The van der Waals surface area contributed by atoms with Gasteiger partial charge in [0, 0.05) is 11.7 Å². The summed E-state index contributed by atoms with van der Waals surface area (Å²) in [5.74, 6) is -0.287. The van der Waals surface area contributed by atoms with Crippen LogP contribution in [0.5, 0.6) is 0 Å². The van der Waals surface area contributed by atoms with Crippen LogP contribution in [-0.4, -0.2) is 15.8 Å². The predicted octanol–water partition coefficient (Wildman–Crippen LogP) is 3.75. The first-order valence-corrected chi connectivity index (χ1v) is 6.66. The monoisotopic (exact) mass is 269 g/mol. The molecule has 0 aliphatic carbocycles. The van der Waals surface area contributed by atoms with Crippen LogP contribution < -0.4 is 0 Å². The molecule has 0 bridgehead atoms. The summed E-state index contributed by atoms with van der Waals surface area (Å²) >= 11 is 0. The van der Waals surface area contributed by atoms with Crippen molar-refractivity contribution in [3.8, 4) is 0 Å². The molecule has 0 aliphatic rings. The second kappa shape index (κ2) is 5.10. The van der Waals surface area contributed by atoms with Crippen LogP contribution in [0.1, 0.15) is 18.5 Å². The zero-order valence-corrected chi connectivity index (χ0v) is 11.2. The van der Waals surface area contributed by atoms with Crippen molar-refractivity contribution in [2.75, 3.05) is 0 Å². The number of aliphatic hydroxyl groups is 1. The van der Waals surface area contributed by atoms with E-state index < -0.39 is 6.10 Å². The van der Waals surface area contributed by atoms with Gasteiger partial charge in [-0.2, -0.15) is 0 Å². The molecule has 0 spiro atoms. The molecule has 2 aromatic carbocycles. The molecule has 20 heavy (non-hydrogen) atoms. The van der Waals surface area contributed by atoms with Gasteiger partial charge in [0.2, 0.25) is 0 Å². The van der Waals surface area contributed by atoms with Gasteiger partial charge >= 0.3 is 0 Å². The van der Waals surface area contributed by atoms with Crippen LogP contribution in [0.25, 0.3) is 10.9 Å². The molecule has 0 saturated carbocycles. The Morgan fingerprint density at radius 3 is 2.60 bits per heavy atom. The average Bonchev–Trinajstić information content (AvgIpc) is 2.83. The molecule has 1 aromatic heterocycles. The van der Waals surface area contributed by atoms with Crippen molar-refractivity contribution >= 4 is 10.9 Å². The van der Waals surface area contributed by atoms with Gasteiger partial charge in [0.05, 0.1) is 12.1 Å². The fourth-order valence-corrected chi connectivity index (χ4v) is 2.71. The highest BCUT2D eigenvalue weighted by molar-refractivity contribution is 5.80. The minimum Gasteiger partial charge on any atom is -0.391 e. The van der Waals surface area contributed by atoms with Gasteiger partial charge in [0.1, 0.15) is 5.82 Å². The summed E-state index contributed by atoms with van der Waals surface area (Å²) in [4.78, 5) is 0. The van der Waals surface area contributed by atoms with E-state index in [9.17, 15) is 9.50 Å². The second-order valence-corrected chi connectivity index (χ2v) is 5.02. The van der Waals surface area contributed by atoms with Crippen LogP contribution in [0.15, 0.2) is 60.8 Å². The standard InChI is InChI=1S/C17H16FNO/c1-12(20)17(14-6-4-7-15(18)11-14)19-10-9-13-5-2-3-8-16(13)19/h2-12,17,20H,1H3. The minimum atomic E-state index is -0.618. The summed E-state index contributed by atoms with van der Waals surface area (Å²) in [7, 11) is 0. The molecule has 3 rings (SSSR count). The Balaban J connectivity index is 2.16. The molecule has 0 fully saturated rings. The summed E-state index contributed by atoms with van der Waals surface area (Å²) in [6, 6.07) is 16.1. The Bertz CT molecular complexity index is 732. The van der Waals surface area contributed by atoms with E-state index in [1.165, 1.54) is 12.1 Å². The molecule has 3 aromatic rings. The Hall–Kier alpha value is -2.13. The lowest BCUT2D eigenvalue weighted by Gasteiger charge is -2.23. The van der Waals surface area contributed by atoms with Crippen molar-refractivity contribution < 1.29 is 9.50 Å². The molecular formula is C17H16FNO. The smallest absolute Gasteiger partial charge is 0.123 e. The van der Waals surface area contributed by atoms with Gasteiger partial charge in [-0.05, 0) is 42.1 Å². The number of hydrogen-bond acceptors (Lipinski definition) is 1. The van der Waals surface area contributed by atoms with Gasteiger partial charge in [-0.25, -0.2) is 4.39 Å². The lowest BCUT2D eigenvalue weighted by Crippen LogP contribution is -2.22. The van der Waals surface area contributed by atoms with Crippen molar-refractivity contribution in [2.45, 2.75) is 19.1 Å². The summed E-state index contributed by atoms with van der Waals surface area (Å²) in [5, 5.41) is 11.3. The van der Waals surface area contributed by atoms with Gasteiger partial charge in [-0.3, -0.25) is 0 Å². The summed E-state index contributed by atoms with van der Waals surface area (Å²) in [5.41, 5.74) is 1.80. The largest absolute Gasteiger partial charge is 0.391 e. The highest BCUT2D eigenvalue weighted by Crippen LogP contribution is 2.28. The first kappa shape index (κ1) is 12.9. The van der Waals surface area contributed by atoms with Crippen molar-refractivity contribution in [1.82, 2.24) is 4.57 Å². The van der Waals surface area contributed by atoms with E-state index in [0.717, 1.165) is 16.5 Å². The van der Waals surface area contributed by atoms with E-state index in [-0.39, 0.29) is 11.9 Å². The molecule has 0 radical (unpaired) electrons. The quantitative estimate of drug-likeness (QED) is 0.769. The Morgan fingerprint density at radius 2 is 1.85 bits per heavy atom. The number of halogens is 1. The number of nitrogens with zero attached hydrogens (tertiary/aromatic N) is 1. The number of aromatic nitrogens is 1. The third-order valence-corrected chi connectivity index (χ3v) is 3.58. The zero-order valence-electron chi connectivity index (χ0n) is 11.2. The van der Waals surface area contributed by atoms with E-state index in [1.54, 1.807) is 13.0 Å². The molecule has 2 unspecified atom stereocenters. The number of fused-ring (bicyclic) bond motifs is 1. The molecule has 0 aliphatic heterocycles. The topological polar surface area (TPSA) is 25.2 Å². The van der Waals surface area contributed by atoms with Gasteiger partial charge in [0.15, 0.2) is 0 Å². The molecule has 0 amide bonds. The minimum absolute atomic E-state index is 0.287. The van der Waals surface area contributed by atoms with Crippen molar-refractivity contribution in [2.24, 2.45) is 0 Å². The van der Waals surface area contributed by atoms with Gasteiger partial charge in [-0.1, -0.05) is 30.3 Å². The van der Waals surface area contributed by atoms with E-state index in [1.807, 2.05) is 47.2 Å². The van der Waals surface area contributed by atoms with E-state index in [4.69, 9.17) is 0 Å². The molecule has 1 heterocycles. The number of para-hydroxylation sites is 1. The third kappa shape index (κ3) is 2.21. The van der Waals surface area contributed by atoms with Crippen molar-refractivity contribution in [3.05, 3.63) is 72.2 Å². The van der Waals surface area contributed by atoms with Crippen molar-refractivity contribution in [3.63, 3.8) is 0 Å². The zero-order chi connectivity index (χ0) is 14.1. The lowest BCUT2D eigenvalue weighted by atomic mass is 10.0. The number of benzene rings is 2. The van der Waals surface area contributed by atoms with Crippen LogP contribution >= 0.6 is 0 Å². The molecule has 2 atom stereocenters. The van der Waals surface area contributed by atoms with E-state index in [2.05, 4.69) is 0 Å². The maximum Gasteiger partial charge on any atom is 0.123 e. The molecule has 0 saturated heterocycles. The van der Waals surface area contributed by atoms with Crippen molar-refractivity contribution in [1.29, 1.82) is 0 Å². The van der Waals surface area contributed by atoms with Gasteiger partial charge < -0.3 is 9.67 Å². The molecule has 1 N–H and O–H groups in total. The molecule has 3 heteroatoms. The number of hydrogen-bond donors (Lipinski definition) is 1. The second-order valence-electron chi connectivity index (χ2n) is 5.02. The fraction of sp³-hybridized carbons (Fsp3) is 0.176. The summed E-state index contributed by atoms with van der Waals surface area (Å²) < 4.78 is 15.5. The van der Waals surface area contributed by atoms with Gasteiger partial charge in [-0.15, -0.1) is 0 Å². The fourth-order valence-electron chi connectivity index (χ4n) is 2.71. The summed E-state index contributed by atoms with van der Waals surface area (Å²) in [6.45, 7) is 1.73. The average molecular weight is 269 g/mol. The SMILES string of the molecule is CC(O)C(c1cccc(F)c1)n1ccc2ccccc21. The number of aliphatic hydroxyl groups excluding tert-OH is 1. The Morgan fingerprint density at radius 1 is 1.05 bits per heavy atom. The van der Waals surface area contributed by atoms with Crippen LogP contribution in [0.2, 0.25) is 0 Å². The predicted molar refractivity (Wildman–Crippen MR) is 78.2 cm³/mol. The van der Waals surface area contributed by atoms with E-state index in [0.29, 0.717) is 0 Å². The van der Waals surface area contributed by atoms with Crippen LogP contribution in [0.4, 0.5) is 4.39 Å². The Labute approximate surface area is 117 Å². The maximum absolute atomic E-state index is 13.5. The maximum atomic E-state index is 13.5. The van der Waals surface area contributed by atoms with Crippen LogP contribution in [0.3, 0.4) is 0 Å². The summed E-state index contributed by atoms with van der Waals surface area (Å²) in [6.07, 6.45) is 1.32. The lowest BCUT2D eigenvalue weighted by molar-refractivity contribution is 0.150. The van der Waals surface area contributed by atoms with E-state index >= 15 is 0 Å². The normalized spacial score (nSPS) is 14.3. The van der Waals surface area contributed by atoms with Gasteiger partial charge in [0.25, 0.3) is 0 Å². The third-order valence-electron chi connectivity index (χ3n) is 3.58. The molecule has 102 valence electrons. The van der Waals surface area contributed by atoms with Crippen LogP contribution in [-0.2, 0) is 0 Å². The van der Waals surface area contributed by atoms with Crippen LogP contribution in [0, 0.1) is 5.82 Å².